The van der Waals surface area contributed by atoms with Gasteiger partial charge in [-0.15, -0.1) is 4.26 Å². The first-order valence-corrected chi connectivity index (χ1v) is 6.76. The van der Waals surface area contributed by atoms with Gasteiger partial charge in [-0.2, -0.15) is 4.51 Å². The lowest BCUT2D eigenvalue weighted by atomic mass is 10.2. The van der Waals surface area contributed by atoms with Crippen molar-refractivity contribution in [3.63, 3.8) is 0 Å². The number of benzene rings is 1. The standard InChI is InChI=1S/C7H10N3OP3/c1-6-4-2-3-5-7(6)11-10-13-8-12-9-14-10/h2-5,8,12-13H,1H3. The van der Waals surface area contributed by atoms with Gasteiger partial charge in [0.2, 0.25) is 0 Å². The van der Waals surface area contributed by atoms with Crippen LogP contribution in [0.2, 0.25) is 0 Å². The van der Waals surface area contributed by atoms with Crippen LogP contribution in [-0.4, -0.2) is 13.3 Å². The molecule has 0 fully saturated rings. The lowest BCUT2D eigenvalue weighted by Gasteiger charge is -2.07. The van der Waals surface area contributed by atoms with E-state index < -0.39 is 0 Å². The number of nitrogens with one attached hydrogen (secondary N) is 1. The monoisotopic (exact) mass is 245 g/mol. The van der Waals surface area contributed by atoms with E-state index in [0.29, 0.717) is 17.0 Å². The van der Waals surface area contributed by atoms with Gasteiger partial charge in [-0.1, -0.05) is 18.2 Å². The smallest absolute Gasteiger partial charge is 0.182 e. The minimum absolute atomic E-state index is 0.482. The van der Waals surface area contributed by atoms with E-state index in [9.17, 15) is 0 Å². The van der Waals surface area contributed by atoms with E-state index in [1.165, 1.54) is 0 Å². The van der Waals surface area contributed by atoms with Crippen LogP contribution < -0.4 is 4.84 Å². The van der Waals surface area contributed by atoms with Crippen LogP contribution in [0.3, 0.4) is 0 Å². The maximum Gasteiger partial charge on any atom is 0.182 e. The van der Waals surface area contributed by atoms with Gasteiger partial charge in [0.15, 0.2) is 14.3 Å². The maximum atomic E-state index is 5.67. The van der Waals surface area contributed by atoms with Crippen LogP contribution in [0.5, 0.6) is 5.75 Å². The molecule has 0 amide bonds. The van der Waals surface area contributed by atoms with Gasteiger partial charge in [-0.3, -0.25) is 0 Å². The summed E-state index contributed by atoms with van der Waals surface area (Å²) in [4.78, 5) is 5.67. The molecule has 1 aromatic carbocycles. The zero-order valence-corrected chi connectivity index (χ0v) is 10.5. The molecule has 7 heteroatoms. The van der Waals surface area contributed by atoms with Crippen molar-refractivity contribution < 1.29 is 4.84 Å². The zero-order chi connectivity index (χ0) is 9.80. The van der Waals surface area contributed by atoms with Gasteiger partial charge in [0.25, 0.3) is 0 Å². The number of rotatable bonds is 2. The van der Waals surface area contributed by atoms with Crippen molar-refractivity contribution in [1.29, 1.82) is 0 Å². The molecule has 0 saturated heterocycles. The van der Waals surface area contributed by atoms with Gasteiger partial charge < -0.3 is 9.35 Å². The van der Waals surface area contributed by atoms with Gasteiger partial charge in [-0.05, 0) is 18.6 Å². The average Bonchev–Trinajstić information content (AvgIpc) is 2.23. The molecule has 2 rings (SSSR count). The van der Waals surface area contributed by atoms with Crippen LogP contribution in [0.4, 0.5) is 0 Å². The fourth-order valence-electron chi connectivity index (χ4n) is 0.976. The molecule has 0 aliphatic rings. The lowest BCUT2D eigenvalue weighted by Crippen LogP contribution is -1.98. The Labute approximate surface area is 86.6 Å². The first-order chi connectivity index (χ1) is 6.86. The second-order valence-electron chi connectivity index (χ2n) is 2.67. The first-order valence-electron chi connectivity index (χ1n) is 4.06. The summed E-state index contributed by atoms with van der Waals surface area (Å²) in [5, 5.41) is 0. The highest BCUT2D eigenvalue weighted by Crippen LogP contribution is 2.20. The fraction of sp³-hybridized carbons (Fsp3) is 0.143. The topological polar surface area (TPSA) is 42.8 Å². The summed E-state index contributed by atoms with van der Waals surface area (Å²) in [5.74, 6) is 0.898. The van der Waals surface area contributed by atoms with Crippen LogP contribution >= 0.6 is 25.5 Å². The highest BCUT2D eigenvalue weighted by molar-refractivity contribution is 7.44. The Morgan fingerprint density at radius 3 is 3.07 bits per heavy atom. The largest absolute Gasteiger partial charge is 0.366 e. The van der Waals surface area contributed by atoms with Gasteiger partial charge in [0.05, 0.1) is 8.51 Å². The van der Waals surface area contributed by atoms with Crippen molar-refractivity contribution in [2.45, 2.75) is 6.92 Å². The highest BCUT2D eigenvalue weighted by Gasteiger charge is 1.97. The van der Waals surface area contributed by atoms with E-state index >= 15 is 0 Å². The molecule has 2 unspecified atom stereocenters. The lowest BCUT2D eigenvalue weighted by molar-refractivity contribution is 0.275. The van der Waals surface area contributed by atoms with Gasteiger partial charge in [0, 0.05) is 8.51 Å². The summed E-state index contributed by atoms with van der Waals surface area (Å²) < 4.78 is 9.14. The molecule has 0 saturated carbocycles. The average molecular weight is 245 g/mol. The van der Waals surface area contributed by atoms with Crippen molar-refractivity contribution in [2.24, 2.45) is 0 Å². The van der Waals surface area contributed by atoms with E-state index in [4.69, 9.17) is 4.84 Å². The van der Waals surface area contributed by atoms with Crippen LogP contribution in [0.1, 0.15) is 5.56 Å². The molecule has 1 heterocycles. The van der Waals surface area contributed by atoms with Gasteiger partial charge in [0.1, 0.15) is 0 Å². The van der Waals surface area contributed by atoms with Gasteiger partial charge >= 0.3 is 0 Å². The second kappa shape index (κ2) is 4.70. The van der Waals surface area contributed by atoms with Crippen molar-refractivity contribution in [3.8, 4) is 5.75 Å². The van der Waals surface area contributed by atoms with E-state index in [0.717, 1.165) is 19.8 Å². The van der Waals surface area contributed by atoms with Crippen LogP contribution in [0.15, 0.2) is 24.3 Å². The predicted octanol–water partition coefficient (Wildman–Crippen LogP) is 3.13. The van der Waals surface area contributed by atoms with E-state index in [1.807, 2.05) is 31.2 Å². The second-order valence-corrected chi connectivity index (χ2v) is 6.24. The summed E-state index contributed by atoms with van der Waals surface area (Å²) in [5.41, 5.74) is 1.14. The van der Waals surface area contributed by atoms with Crippen molar-refractivity contribution in [1.82, 2.24) is 13.3 Å². The Kier molecular flexibility index (Phi) is 3.31. The van der Waals surface area contributed by atoms with Crippen molar-refractivity contribution in [3.05, 3.63) is 29.8 Å². The molecule has 0 spiro atoms. The predicted molar refractivity (Wildman–Crippen MR) is 62.9 cm³/mol. The Morgan fingerprint density at radius 2 is 2.36 bits per heavy atom. The van der Waals surface area contributed by atoms with Crippen LogP contribution in [0, 0.1) is 6.92 Å². The zero-order valence-electron chi connectivity index (χ0n) is 7.56. The number of nitrogens with zero attached hydrogens (tertiary/aromatic N) is 2. The third kappa shape index (κ3) is 2.42. The number of hydrogen-bond donors (Lipinski definition) is 1. The molecule has 0 radical (unpaired) electrons. The molecule has 14 heavy (non-hydrogen) atoms. The molecular formula is C7H10N3OP3. The van der Waals surface area contributed by atoms with E-state index in [1.54, 1.807) is 4.26 Å². The molecule has 2 aromatic rings. The maximum absolute atomic E-state index is 5.67. The van der Waals surface area contributed by atoms with E-state index in [-0.39, 0.29) is 0 Å². The number of H-pyrrole nitrogens is 1. The number of para-hydroxylation sites is 1. The van der Waals surface area contributed by atoms with Crippen molar-refractivity contribution in [2.75, 3.05) is 0 Å². The molecule has 0 bridgehead atoms. The fourth-order valence-corrected chi connectivity index (χ4v) is 4.01. The molecule has 4 nitrogen and oxygen atoms in total. The minimum atomic E-state index is 0.482. The number of aryl methyl sites for hydroxylation is 1. The summed E-state index contributed by atoms with van der Waals surface area (Å²) in [6, 6.07) is 7.97. The first kappa shape index (κ1) is 9.86. The van der Waals surface area contributed by atoms with E-state index in [2.05, 4.69) is 9.02 Å². The Balaban J connectivity index is 2.24. The SMILES string of the molecule is Cc1ccccc1On1pn[pH][nH][pH]1. The molecule has 2 atom stereocenters. The Hall–Kier alpha value is -0.680. The summed E-state index contributed by atoms with van der Waals surface area (Å²) in [6.45, 7) is 2.03. The molecule has 1 aromatic heterocycles. The Bertz CT molecular complexity index is 426. The van der Waals surface area contributed by atoms with Gasteiger partial charge in [-0.25, -0.2) is 0 Å². The minimum Gasteiger partial charge on any atom is -0.366 e. The third-order valence-corrected chi connectivity index (χ3v) is 4.41. The summed E-state index contributed by atoms with van der Waals surface area (Å²) in [7, 11) is 1.87. The van der Waals surface area contributed by atoms with Crippen molar-refractivity contribution >= 4 is 25.5 Å². The molecule has 1 N–H and O–H groups in total. The van der Waals surface area contributed by atoms with Crippen LogP contribution in [0.25, 0.3) is 0 Å². The summed E-state index contributed by atoms with van der Waals surface area (Å²) in [6.07, 6.45) is 0. The molecule has 0 aliphatic carbocycles. The van der Waals surface area contributed by atoms with Crippen LogP contribution in [-0.2, 0) is 0 Å². The third-order valence-electron chi connectivity index (χ3n) is 1.66. The number of aromatic nitrogens is 3. The number of aromatic amines is 1. The quantitative estimate of drug-likeness (QED) is 0.883. The summed E-state index contributed by atoms with van der Waals surface area (Å²) >= 11 is 0. The number of hydrogen-bond acceptors (Lipinski definition) is 2. The molecule has 0 aliphatic heterocycles. The normalized spacial score (nSPS) is 11.5. The molecular weight excluding hydrogens is 235 g/mol. The Morgan fingerprint density at radius 1 is 1.50 bits per heavy atom. The molecule has 74 valence electrons. The highest BCUT2D eigenvalue weighted by atomic mass is 31.1.